The molecule has 2 nitrogen and oxygen atoms in total. The van der Waals surface area contributed by atoms with E-state index in [0.717, 1.165) is 5.56 Å². The Morgan fingerprint density at radius 2 is 1.90 bits per heavy atom. The minimum atomic E-state index is -4.14. The van der Waals surface area contributed by atoms with E-state index in [2.05, 4.69) is 5.32 Å². The monoisotopic (exact) mass is 290 g/mol. The van der Waals surface area contributed by atoms with E-state index < -0.39 is 12.1 Å². The Hall–Kier alpha value is -1.30. The van der Waals surface area contributed by atoms with E-state index in [1.54, 1.807) is 24.1 Å². The average Bonchev–Trinajstić information content (AvgIpc) is 2.38. The molecule has 0 aromatic heterocycles. The third-order valence-corrected chi connectivity index (χ3v) is 3.69. The van der Waals surface area contributed by atoms with Gasteiger partial charge in [0.1, 0.15) is 5.82 Å². The molecule has 6 heteroatoms. The quantitative estimate of drug-likeness (QED) is 0.859. The Labute approximate surface area is 115 Å². The van der Waals surface area contributed by atoms with Gasteiger partial charge in [0.05, 0.1) is 11.6 Å². The normalized spacial score (nSPS) is 17.6. The summed E-state index contributed by atoms with van der Waals surface area (Å²) in [6.45, 7) is 1.05. The number of piperidine rings is 1. The molecule has 0 saturated carbocycles. The fraction of sp³-hybridized carbons (Fsp3) is 0.571. The van der Waals surface area contributed by atoms with Gasteiger partial charge in [0.25, 0.3) is 0 Å². The molecule has 1 aromatic rings. The van der Waals surface area contributed by atoms with Gasteiger partial charge in [-0.05, 0) is 37.6 Å². The molecule has 20 heavy (non-hydrogen) atoms. The van der Waals surface area contributed by atoms with Crippen LogP contribution in [-0.2, 0) is 6.54 Å². The summed E-state index contributed by atoms with van der Waals surface area (Å²) < 4.78 is 51.8. The topological polar surface area (TPSA) is 15.3 Å². The highest BCUT2D eigenvalue weighted by molar-refractivity contribution is 5.49. The number of hydrogen-bond acceptors (Lipinski definition) is 2. The molecule has 0 atom stereocenters. The van der Waals surface area contributed by atoms with E-state index in [1.807, 2.05) is 0 Å². The van der Waals surface area contributed by atoms with Gasteiger partial charge in [0.15, 0.2) is 0 Å². The zero-order chi connectivity index (χ0) is 14.8. The molecule has 2 rings (SSSR count). The van der Waals surface area contributed by atoms with Crippen molar-refractivity contribution >= 4 is 5.69 Å². The van der Waals surface area contributed by atoms with Crippen molar-refractivity contribution in [3.8, 4) is 0 Å². The van der Waals surface area contributed by atoms with Crippen LogP contribution < -0.4 is 10.2 Å². The van der Waals surface area contributed by atoms with Crippen LogP contribution in [0.2, 0.25) is 0 Å². The summed E-state index contributed by atoms with van der Waals surface area (Å²) in [6.07, 6.45) is -4.08. The van der Waals surface area contributed by atoms with Gasteiger partial charge in [0.2, 0.25) is 0 Å². The maximum absolute atomic E-state index is 14.0. The predicted molar refractivity (Wildman–Crippen MR) is 70.2 cm³/mol. The van der Waals surface area contributed by atoms with Gasteiger partial charge in [-0.3, -0.25) is 0 Å². The minimum Gasteiger partial charge on any atom is -0.369 e. The van der Waals surface area contributed by atoms with Gasteiger partial charge in [-0.25, -0.2) is 4.39 Å². The van der Waals surface area contributed by atoms with Crippen LogP contribution in [0.1, 0.15) is 18.4 Å². The van der Waals surface area contributed by atoms with Crippen LogP contribution in [0.25, 0.3) is 0 Å². The summed E-state index contributed by atoms with van der Waals surface area (Å²) >= 11 is 0. The lowest BCUT2D eigenvalue weighted by atomic mass is 9.96. The summed E-state index contributed by atoms with van der Waals surface area (Å²) in [5.41, 5.74) is 1.21. The van der Waals surface area contributed by atoms with E-state index in [1.165, 1.54) is 6.07 Å². The van der Waals surface area contributed by atoms with Crippen molar-refractivity contribution in [3.63, 3.8) is 0 Å². The SMILES string of the molecule is CNCc1ccc(N2CCC(C(F)(F)F)CC2)c(F)c1. The third kappa shape index (κ3) is 3.42. The number of nitrogens with one attached hydrogen (secondary N) is 1. The fourth-order valence-corrected chi connectivity index (χ4v) is 2.57. The van der Waals surface area contributed by atoms with Crippen molar-refractivity contribution < 1.29 is 17.6 Å². The van der Waals surface area contributed by atoms with Gasteiger partial charge in [-0.1, -0.05) is 6.07 Å². The molecule has 0 amide bonds. The standard InChI is InChI=1S/C14H18F4N2/c1-19-9-10-2-3-13(12(15)8-10)20-6-4-11(5-7-20)14(16,17)18/h2-3,8,11,19H,4-7,9H2,1H3. The molecule has 112 valence electrons. The Bertz CT molecular complexity index is 451. The van der Waals surface area contributed by atoms with Gasteiger partial charge in [-0.15, -0.1) is 0 Å². The highest BCUT2D eigenvalue weighted by atomic mass is 19.4. The number of benzene rings is 1. The molecule has 1 fully saturated rings. The minimum absolute atomic E-state index is 0.0290. The number of rotatable bonds is 3. The summed E-state index contributed by atoms with van der Waals surface area (Å²) in [7, 11) is 1.77. The van der Waals surface area contributed by atoms with Crippen LogP contribution in [0.15, 0.2) is 18.2 Å². The molecule has 1 heterocycles. The number of hydrogen-bond donors (Lipinski definition) is 1. The number of nitrogens with zero attached hydrogens (tertiary/aromatic N) is 1. The maximum Gasteiger partial charge on any atom is 0.391 e. The van der Waals surface area contributed by atoms with Gasteiger partial charge in [-0.2, -0.15) is 13.2 Å². The molecule has 1 saturated heterocycles. The first-order valence-corrected chi connectivity index (χ1v) is 6.66. The van der Waals surface area contributed by atoms with Crippen LogP contribution in [0, 0.1) is 11.7 Å². The highest BCUT2D eigenvalue weighted by Gasteiger charge is 2.41. The van der Waals surface area contributed by atoms with Crippen molar-refractivity contribution in [1.82, 2.24) is 5.32 Å². The van der Waals surface area contributed by atoms with Crippen LogP contribution in [0.5, 0.6) is 0 Å². The zero-order valence-electron chi connectivity index (χ0n) is 11.3. The van der Waals surface area contributed by atoms with Crippen molar-refractivity contribution in [2.24, 2.45) is 5.92 Å². The van der Waals surface area contributed by atoms with Gasteiger partial charge >= 0.3 is 6.18 Å². The van der Waals surface area contributed by atoms with Gasteiger partial charge < -0.3 is 10.2 Å². The first kappa shape index (κ1) is 15.1. The van der Waals surface area contributed by atoms with E-state index >= 15 is 0 Å². The average molecular weight is 290 g/mol. The molecule has 0 spiro atoms. The summed E-state index contributed by atoms with van der Waals surface area (Å²) in [4.78, 5) is 1.70. The molecule has 0 radical (unpaired) electrons. The first-order chi connectivity index (χ1) is 9.41. The smallest absolute Gasteiger partial charge is 0.369 e. The second-order valence-electron chi connectivity index (χ2n) is 5.12. The lowest BCUT2D eigenvalue weighted by Crippen LogP contribution is -2.39. The Balaban J connectivity index is 2.03. The molecule has 1 N–H and O–H groups in total. The van der Waals surface area contributed by atoms with Crippen LogP contribution in [0.4, 0.5) is 23.2 Å². The summed E-state index contributed by atoms with van der Waals surface area (Å²) in [6, 6.07) is 4.88. The largest absolute Gasteiger partial charge is 0.391 e. The molecule has 0 unspecified atom stereocenters. The Morgan fingerprint density at radius 1 is 1.25 bits per heavy atom. The molecule has 0 bridgehead atoms. The number of anilines is 1. The third-order valence-electron chi connectivity index (χ3n) is 3.69. The molecule has 1 aliphatic rings. The fourth-order valence-electron chi connectivity index (χ4n) is 2.57. The van der Waals surface area contributed by atoms with E-state index in [9.17, 15) is 17.6 Å². The summed E-state index contributed by atoms with van der Waals surface area (Å²) in [5, 5.41) is 2.93. The molecule has 0 aliphatic carbocycles. The highest BCUT2D eigenvalue weighted by Crippen LogP contribution is 2.35. The van der Waals surface area contributed by atoms with Crippen LogP contribution >= 0.6 is 0 Å². The van der Waals surface area contributed by atoms with Crippen molar-refractivity contribution in [2.45, 2.75) is 25.6 Å². The second kappa shape index (κ2) is 5.99. The van der Waals surface area contributed by atoms with Crippen molar-refractivity contribution in [3.05, 3.63) is 29.6 Å². The zero-order valence-corrected chi connectivity index (χ0v) is 11.3. The molecular formula is C14H18F4N2. The second-order valence-corrected chi connectivity index (χ2v) is 5.12. The number of halogens is 4. The number of alkyl halides is 3. The van der Waals surface area contributed by atoms with Crippen LogP contribution in [-0.4, -0.2) is 26.3 Å². The maximum atomic E-state index is 14.0. The van der Waals surface area contributed by atoms with E-state index in [4.69, 9.17) is 0 Å². The lowest BCUT2D eigenvalue weighted by Gasteiger charge is -2.34. The molecule has 1 aromatic carbocycles. The Kier molecular flexibility index (Phi) is 4.52. The molecule has 1 aliphatic heterocycles. The van der Waals surface area contributed by atoms with Gasteiger partial charge in [0, 0.05) is 19.6 Å². The van der Waals surface area contributed by atoms with E-state index in [0.29, 0.717) is 12.2 Å². The Morgan fingerprint density at radius 3 is 2.40 bits per heavy atom. The van der Waals surface area contributed by atoms with Crippen molar-refractivity contribution in [2.75, 3.05) is 25.0 Å². The van der Waals surface area contributed by atoms with Crippen LogP contribution in [0.3, 0.4) is 0 Å². The molecular weight excluding hydrogens is 272 g/mol. The predicted octanol–water partition coefficient (Wildman–Crippen LogP) is 3.32. The van der Waals surface area contributed by atoms with E-state index in [-0.39, 0.29) is 31.7 Å². The first-order valence-electron chi connectivity index (χ1n) is 6.66. The lowest BCUT2D eigenvalue weighted by molar-refractivity contribution is -0.179. The summed E-state index contributed by atoms with van der Waals surface area (Å²) in [5.74, 6) is -1.63. The van der Waals surface area contributed by atoms with Crippen molar-refractivity contribution in [1.29, 1.82) is 0 Å².